The van der Waals surface area contributed by atoms with E-state index in [0.717, 1.165) is 44.6 Å². The molecular weight excluding hydrogens is 250 g/mol. The Bertz CT molecular complexity index is 389. The molecule has 0 aromatic heterocycles. The molecule has 0 bridgehead atoms. The Morgan fingerprint density at radius 3 is 2.78 bits per heavy atom. The predicted octanol–water partition coefficient (Wildman–Crippen LogP) is 2.87. The van der Waals surface area contributed by atoms with Crippen LogP contribution in [0.3, 0.4) is 0 Å². The Morgan fingerprint density at radius 2 is 2.11 bits per heavy atom. The molecular formula is C14H20ClNO2. The molecule has 0 amide bonds. The van der Waals surface area contributed by atoms with Crippen LogP contribution < -0.4 is 0 Å². The molecule has 1 aliphatic rings. The van der Waals surface area contributed by atoms with Gasteiger partial charge in [0, 0.05) is 13.7 Å². The summed E-state index contributed by atoms with van der Waals surface area (Å²) in [5.41, 5.74) is 0.994. The van der Waals surface area contributed by atoms with Gasteiger partial charge < -0.3 is 14.7 Å². The zero-order valence-corrected chi connectivity index (χ0v) is 11.5. The van der Waals surface area contributed by atoms with E-state index in [1.807, 2.05) is 12.1 Å². The van der Waals surface area contributed by atoms with E-state index in [-0.39, 0.29) is 5.75 Å². The first-order valence-corrected chi connectivity index (χ1v) is 6.79. The van der Waals surface area contributed by atoms with Crippen molar-refractivity contribution < 1.29 is 9.84 Å². The summed E-state index contributed by atoms with van der Waals surface area (Å²) in [6.07, 6.45) is 2.13. The fraction of sp³-hybridized carbons (Fsp3) is 0.571. The lowest BCUT2D eigenvalue weighted by atomic mass is 9.89. The minimum Gasteiger partial charge on any atom is -0.506 e. The molecule has 0 unspecified atom stereocenters. The van der Waals surface area contributed by atoms with Crippen molar-refractivity contribution in [2.24, 2.45) is 0 Å². The molecule has 18 heavy (non-hydrogen) atoms. The molecule has 1 aromatic rings. The molecule has 0 spiro atoms. The first-order chi connectivity index (χ1) is 8.72. The van der Waals surface area contributed by atoms with Crippen molar-refractivity contribution in [3.05, 3.63) is 28.8 Å². The average Bonchev–Trinajstić information content (AvgIpc) is 2.40. The zero-order valence-electron chi connectivity index (χ0n) is 10.7. The molecule has 1 aliphatic heterocycles. The molecule has 2 rings (SSSR count). The van der Waals surface area contributed by atoms with Gasteiger partial charge >= 0.3 is 0 Å². The van der Waals surface area contributed by atoms with Gasteiger partial charge in [0.25, 0.3) is 0 Å². The van der Waals surface area contributed by atoms with Crippen LogP contribution in [0.5, 0.6) is 5.75 Å². The molecule has 0 aliphatic carbocycles. The second kappa shape index (κ2) is 6.41. The highest BCUT2D eigenvalue weighted by molar-refractivity contribution is 6.32. The predicted molar refractivity (Wildman–Crippen MR) is 73.4 cm³/mol. The molecule has 0 saturated carbocycles. The third kappa shape index (κ3) is 3.16. The normalized spacial score (nSPS) is 18.1. The number of benzene rings is 1. The number of piperidine rings is 1. The maximum absolute atomic E-state index is 9.99. The fourth-order valence-electron chi connectivity index (χ4n) is 2.55. The summed E-state index contributed by atoms with van der Waals surface area (Å²) in [7, 11) is 1.73. The topological polar surface area (TPSA) is 32.7 Å². The number of phenolic OH excluding ortho intramolecular Hbond substituents is 1. The first kappa shape index (κ1) is 13.7. The number of methoxy groups -OCH3 is 1. The fourth-order valence-corrected chi connectivity index (χ4v) is 2.73. The number of phenols is 1. The van der Waals surface area contributed by atoms with E-state index >= 15 is 0 Å². The first-order valence-electron chi connectivity index (χ1n) is 6.41. The van der Waals surface area contributed by atoms with Crippen LogP contribution in [0.25, 0.3) is 0 Å². The Kier molecular flexibility index (Phi) is 4.87. The van der Waals surface area contributed by atoms with E-state index in [1.165, 1.54) is 0 Å². The number of rotatable bonds is 4. The van der Waals surface area contributed by atoms with Gasteiger partial charge in [-0.05, 0) is 43.5 Å². The summed E-state index contributed by atoms with van der Waals surface area (Å²) in [6.45, 7) is 3.89. The minimum absolute atomic E-state index is 0.259. The number of nitrogens with zero attached hydrogens (tertiary/aromatic N) is 1. The summed E-state index contributed by atoms with van der Waals surface area (Å²) < 4.78 is 5.09. The number of para-hydroxylation sites is 1. The Balaban J connectivity index is 1.95. The van der Waals surface area contributed by atoms with Crippen LogP contribution >= 0.6 is 11.6 Å². The van der Waals surface area contributed by atoms with E-state index in [4.69, 9.17) is 16.3 Å². The lowest BCUT2D eigenvalue weighted by Gasteiger charge is -2.32. The number of hydrogen-bond donors (Lipinski definition) is 1. The van der Waals surface area contributed by atoms with Crippen molar-refractivity contribution >= 4 is 11.6 Å². The van der Waals surface area contributed by atoms with Crippen LogP contribution in [0.15, 0.2) is 18.2 Å². The summed E-state index contributed by atoms with van der Waals surface area (Å²) in [4.78, 5) is 2.40. The van der Waals surface area contributed by atoms with Gasteiger partial charge in [-0.2, -0.15) is 0 Å². The smallest absolute Gasteiger partial charge is 0.137 e. The Morgan fingerprint density at radius 1 is 1.39 bits per heavy atom. The van der Waals surface area contributed by atoms with Crippen molar-refractivity contribution in [1.82, 2.24) is 4.90 Å². The highest BCUT2D eigenvalue weighted by Gasteiger charge is 2.23. The summed E-state index contributed by atoms with van der Waals surface area (Å²) >= 11 is 5.95. The molecule has 1 N–H and O–H groups in total. The quantitative estimate of drug-likeness (QED) is 0.912. The summed E-state index contributed by atoms with van der Waals surface area (Å²) in [5.74, 6) is 0.678. The van der Waals surface area contributed by atoms with Gasteiger partial charge in [0.15, 0.2) is 0 Å². The zero-order chi connectivity index (χ0) is 13.0. The molecule has 1 heterocycles. The van der Waals surface area contributed by atoms with E-state index < -0.39 is 0 Å². The van der Waals surface area contributed by atoms with E-state index in [2.05, 4.69) is 4.90 Å². The molecule has 0 radical (unpaired) electrons. The van der Waals surface area contributed by atoms with Gasteiger partial charge in [-0.1, -0.05) is 23.7 Å². The SMILES string of the molecule is COCCN1CCC(c2cccc(Cl)c2O)CC1. The van der Waals surface area contributed by atoms with Crippen molar-refractivity contribution in [3.8, 4) is 5.75 Å². The molecule has 1 saturated heterocycles. The van der Waals surface area contributed by atoms with Crippen LogP contribution in [0.2, 0.25) is 5.02 Å². The molecule has 1 fully saturated rings. The van der Waals surface area contributed by atoms with Crippen molar-refractivity contribution in [2.45, 2.75) is 18.8 Å². The van der Waals surface area contributed by atoms with Gasteiger partial charge in [-0.25, -0.2) is 0 Å². The molecule has 4 heteroatoms. The highest BCUT2D eigenvalue weighted by Crippen LogP contribution is 2.37. The molecule has 100 valence electrons. The number of aromatic hydroxyl groups is 1. The van der Waals surface area contributed by atoms with Crippen molar-refractivity contribution in [2.75, 3.05) is 33.4 Å². The maximum atomic E-state index is 9.99. The van der Waals surface area contributed by atoms with Gasteiger partial charge in [0.05, 0.1) is 11.6 Å². The Labute approximate surface area is 113 Å². The molecule has 3 nitrogen and oxygen atoms in total. The minimum atomic E-state index is 0.259. The monoisotopic (exact) mass is 269 g/mol. The van der Waals surface area contributed by atoms with Crippen molar-refractivity contribution in [1.29, 1.82) is 0 Å². The average molecular weight is 270 g/mol. The maximum Gasteiger partial charge on any atom is 0.137 e. The number of hydrogen-bond acceptors (Lipinski definition) is 3. The van der Waals surface area contributed by atoms with E-state index in [0.29, 0.717) is 10.9 Å². The van der Waals surface area contributed by atoms with Crippen LogP contribution in [0.4, 0.5) is 0 Å². The largest absolute Gasteiger partial charge is 0.506 e. The number of halogens is 1. The highest BCUT2D eigenvalue weighted by atomic mass is 35.5. The standard InChI is InChI=1S/C14H20ClNO2/c1-18-10-9-16-7-5-11(6-8-16)12-3-2-4-13(15)14(12)17/h2-4,11,17H,5-10H2,1H3. The number of ether oxygens (including phenoxy) is 1. The second-order valence-electron chi connectivity index (χ2n) is 4.79. The number of likely N-dealkylation sites (tertiary alicyclic amines) is 1. The van der Waals surface area contributed by atoms with Crippen molar-refractivity contribution in [3.63, 3.8) is 0 Å². The van der Waals surface area contributed by atoms with Crippen LogP contribution in [-0.4, -0.2) is 43.4 Å². The summed E-state index contributed by atoms with van der Waals surface area (Å²) in [5, 5.41) is 10.4. The Hall–Kier alpha value is -0.770. The van der Waals surface area contributed by atoms with Crippen LogP contribution in [0, 0.1) is 0 Å². The van der Waals surface area contributed by atoms with E-state index in [9.17, 15) is 5.11 Å². The van der Waals surface area contributed by atoms with Crippen LogP contribution in [-0.2, 0) is 4.74 Å². The second-order valence-corrected chi connectivity index (χ2v) is 5.19. The van der Waals surface area contributed by atoms with Gasteiger partial charge in [0.1, 0.15) is 5.75 Å². The molecule has 0 atom stereocenters. The van der Waals surface area contributed by atoms with Crippen LogP contribution in [0.1, 0.15) is 24.3 Å². The third-order valence-corrected chi connectivity index (χ3v) is 3.96. The van der Waals surface area contributed by atoms with Gasteiger partial charge in [0.2, 0.25) is 0 Å². The lowest BCUT2D eigenvalue weighted by Crippen LogP contribution is -2.35. The van der Waals surface area contributed by atoms with Gasteiger partial charge in [-0.15, -0.1) is 0 Å². The van der Waals surface area contributed by atoms with Gasteiger partial charge in [-0.3, -0.25) is 0 Å². The lowest BCUT2D eigenvalue weighted by molar-refractivity contribution is 0.130. The third-order valence-electron chi connectivity index (χ3n) is 3.66. The summed E-state index contributed by atoms with van der Waals surface area (Å²) in [6, 6.07) is 5.62. The molecule has 1 aromatic carbocycles. The van der Waals surface area contributed by atoms with E-state index in [1.54, 1.807) is 13.2 Å².